The van der Waals surface area contributed by atoms with E-state index in [2.05, 4.69) is 11.8 Å². The maximum atomic E-state index is 8.85. The zero-order chi connectivity index (χ0) is 10.2. The Morgan fingerprint density at radius 1 is 1.29 bits per heavy atom. The lowest BCUT2D eigenvalue weighted by molar-refractivity contribution is 0.299. The predicted molar refractivity (Wildman–Crippen MR) is 59.4 cm³/mol. The van der Waals surface area contributed by atoms with E-state index < -0.39 is 0 Å². The van der Waals surface area contributed by atoms with Gasteiger partial charge in [0.05, 0.1) is 0 Å². The van der Waals surface area contributed by atoms with E-state index in [0.29, 0.717) is 18.7 Å². The van der Waals surface area contributed by atoms with Crippen molar-refractivity contribution in [2.75, 3.05) is 12.5 Å². The lowest BCUT2D eigenvalue weighted by atomic mass is 10.1. The molecule has 0 unspecified atom stereocenters. The fourth-order valence-electron chi connectivity index (χ4n) is 1.19. The number of aliphatic hydroxyl groups is 1. The fraction of sp³-hybridized carbons (Fsp3) is 0.333. The Bertz CT molecular complexity index is 336. The first-order chi connectivity index (χ1) is 6.88. The van der Waals surface area contributed by atoms with E-state index >= 15 is 0 Å². The molecule has 1 aromatic carbocycles. The van der Waals surface area contributed by atoms with Crippen LogP contribution < -0.4 is 0 Å². The summed E-state index contributed by atoms with van der Waals surface area (Å²) in [6.45, 7) is 0.161. The third-order valence-corrected chi connectivity index (χ3v) is 2.03. The predicted octanol–water partition coefficient (Wildman–Crippen LogP) is 2.20. The summed E-state index contributed by atoms with van der Waals surface area (Å²) in [5, 5.41) is 8.85. The Labute approximate surface area is 89.7 Å². The molecule has 1 aromatic rings. The van der Waals surface area contributed by atoms with Crippen LogP contribution in [-0.2, 0) is 6.42 Å². The van der Waals surface area contributed by atoms with Gasteiger partial charge in [0.1, 0.15) is 0 Å². The van der Waals surface area contributed by atoms with E-state index in [1.165, 1.54) is 0 Å². The standard InChI is InChI=1S/C12H13ClO/c13-9-4-3-7-11-5-1-2-6-12(11)8-10-14/h1-2,5-6,14H,4,8-10H2. The maximum absolute atomic E-state index is 8.85. The summed E-state index contributed by atoms with van der Waals surface area (Å²) in [6.07, 6.45) is 1.36. The highest BCUT2D eigenvalue weighted by Crippen LogP contribution is 2.07. The van der Waals surface area contributed by atoms with Crippen LogP contribution in [-0.4, -0.2) is 17.6 Å². The molecule has 0 aliphatic rings. The molecule has 0 bridgehead atoms. The lowest BCUT2D eigenvalue weighted by Crippen LogP contribution is -1.93. The minimum absolute atomic E-state index is 0.161. The highest BCUT2D eigenvalue weighted by atomic mass is 35.5. The van der Waals surface area contributed by atoms with Gasteiger partial charge < -0.3 is 5.11 Å². The maximum Gasteiger partial charge on any atom is 0.0471 e. The van der Waals surface area contributed by atoms with E-state index in [0.717, 1.165) is 11.1 Å². The van der Waals surface area contributed by atoms with Gasteiger partial charge in [-0.1, -0.05) is 30.0 Å². The van der Waals surface area contributed by atoms with Gasteiger partial charge in [0.15, 0.2) is 0 Å². The SMILES string of the molecule is OCCc1ccccc1C#CCCCl. The minimum Gasteiger partial charge on any atom is -0.396 e. The molecule has 0 radical (unpaired) electrons. The summed E-state index contributed by atoms with van der Waals surface area (Å²) in [4.78, 5) is 0. The van der Waals surface area contributed by atoms with Crippen LogP contribution in [0.4, 0.5) is 0 Å². The van der Waals surface area contributed by atoms with Crippen LogP contribution in [0.2, 0.25) is 0 Å². The minimum atomic E-state index is 0.161. The van der Waals surface area contributed by atoms with Crippen molar-refractivity contribution >= 4 is 11.6 Å². The second-order valence-corrected chi connectivity index (χ2v) is 3.25. The summed E-state index contributed by atoms with van der Waals surface area (Å²) >= 11 is 5.53. The van der Waals surface area contributed by atoms with Gasteiger partial charge in [-0.25, -0.2) is 0 Å². The normalized spacial score (nSPS) is 9.29. The van der Waals surface area contributed by atoms with Crippen LogP contribution in [0, 0.1) is 11.8 Å². The van der Waals surface area contributed by atoms with Crippen LogP contribution in [0.25, 0.3) is 0 Å². The number of rotatable bonds is 3. The molecule has 0 saturated heterocycles. The summed E-state index contributed by atoms with van der Waals surface area (Å²) in [5.41, 5.74) is 2.09. The number of hydrogen-bond donors (Lipinski definition) is 1. The average Bonchev–Trinajstić information content (AvgIpc) is 2.21. The monoisotopic (exact) mass is 208 g/mol. The van der Waals surface area contributed by atoms with Crippen molar-refractivity contribution in [2.45, 2.75) is 12.8 Å². The molecule has 74 valence electrons. The van der Waals surface area contributed by atoms with Gasteiger partial charge in [0.2, 0.25) is 0 Å². The molecule has 0 aromatic heterocycles. The first-order valence-corrected chi connectivity index (χ1v) is 5.15. The number of halogens is 1. The van der Waals surface area contributed by atoms with Crippen LogP contribution in [0.15, 0.2) is 24.3 Å². The van der Waals surface area contributed by atoms with Gasteiger partial charge >= 0.3 is 0 Å². The number of benzene rings is 1. The van der Waals surface area contributed by atoms with Gasteiger partial charge in [0, 0.05) is 24.5 Å². The van der Waals surface area contributed by atoms with Gasteiger partial charge in [-0.2, -0.15) is 0 Å². The van der Waals surface area contributed by atoms with E-state index in [9.17, 15) is 0 Å². The van der Waals surface area contributed by atoms with Crippen molar-refractivity contribution in [1.82, 2.24) is 0 Å². The largest absolute Gasteiger partial charge is 0.396 e. The summed E-state index contributed by atoms with van der Waals surface area (Å²) in [6, 6.07) is 7.86. The van der Waals surface area contributed by atoms with Crippen LogP contribution in [0.1, 0.15) is 17.5 Å². The molecule has 0 heterocycles. The Morgan fingerprint density at radius 2 is 2.07 bits per heavy atom. The van der Waals surface area contributed by atoms with Crippen molar-refractivity contribution in [3.8, 4) is 11.8 Å². The van der Waals surface area contributed by atoms with Crippen LogP contribution >= 0.6 is 11.6 Å². The Kier molecular flexibility index (Phi) is 5.14. The van der Waals surface area contributed by atoms with Gasteiger partial charge in [-0.3, -0.25) is 0 Å². The molecular formula is C12H13ClO. The summed E-state index contributed by atoms with van der Waals surface area (Å²) < 4.78 is 0. The fourth-order valence-corrected chi connectivity index (χ4v) is 1.28. The number of alkyl halides is 1. The number of hydrogen-bond acceptors (Lipinski definition) is 1. The van der Waals surface area contributed by atoms with Crippen molar-refractivity contribution < 1.29 is 5.11 Å². The molecule has 1 nitrogen and oxygen atoms in total. The highest BCUT2D eigenvalue weighted by molar-refractivity contribution is 6.18. The molecule has 1 rings (SSSR count). The third kappa shape index (κ3) is 3.41. The van der Waals surface area contributed by atoms with Gasteiger partial charge in [-0.15, -0.1) is 11.6 Å². The molecule has 1 N–H and O–H groups in total. The molecule has 0 fully saturated rings. The van der Waals surface area contributed by atoms with E-state index in [1.54, 1.807) is 0 Å². The molecule has 0 amide bonds. The third-order valence-electron chi connectivity index (χ3n) is 1.84. The zero-order valence-electron chi connectivity index (χ0n) is 7.96. The molecule has 0 saturated carbocycles. The summed E-state index contributed by atoms with van der Waals surface area (Å²) in [5.74, 6) is 6.60. The zero-order valence-corrected chi connectivity index (χ0v) is 8.72. The second kappa shape index (κ2) is 6.48. The highest BCUT2D eigenvalue weighted by Gasteiger charge is 1.96. The quantitative estimate of drug-likeness (QED) is 0.597. The van der Waals surface area contributed by atoms with Crippen molar-refractivity contribution in [3.05, 3.63) is 35.4 Å². The molecule has 14 heavy (non-hydrogen) atoms. The van der Waals surface area contributed by atoms with E-state index in [4.69, 9.17) is 16.7 Å². The van der Waals surface area contributed by atoms with Gasteiger partial charge in [0.25, 0.3) is 0 Å². The van der Waals surface area contributed by atoms with E-state index in [-0.39, 0.29) is 6.61 Å². The lowest BCUT2D eigenvalue weighted by Gasteiger charge is -2.00. The first kappa shape index (κ1) is 11.1. The van der Waals surface area contributed by atoms with Crippen LogP contribution in [0.5, 0.6) is 0 Å². The van der Waals surface area contributed by atoms with Gasteiger partial charge in [-0.05, 0) is 18.1 Å². The smallest absolute Gasteiger partial charge is 0.0471 e. The Balaban J connectivity index is 2.80. The molecule has 0 aliphatic heterocycles. The second-order valence-electron chi connectivity index (χ2n) is 2.87. The van der Waals surface area contributed by atoms with Crippen molar-refractivity contribution in [3.63, 3.8) is 0 Å². The molecule has 0 aliphatic carbocycles. The number of aliphatic hydroxyl groups excluding tert-OH is 1. The molecule has 2 heteroatoms. The average molecular weight is 209 g/mol. The van der Waals surface area contributed by atoms with Crippen LogP contribution in [0.3, 0.4) is 0 Å². The van der Waals surface area contributed by atoms with E-state index in [1.807, 2.05) is 24.3 Å². The Morgan fingerprint density at radius 3 is 2.79 bits per heavy atom. The molecular weight excluding hydrogens is 196 g/mol. The first-order valence-electron chi connectivity index (χ1n) is 4.62. The van der Waals surface area contributed by atoms with Crippen molar-refractivity contribution in [2.24, 2.45) is 0 Å². The van der Waals surface area contributed by atoms with Crippen molar-refractivity contribution in [1.29, 1.82) is 0 Å². The Hall–Kier alpha value is -0.970. The topological polar surface area (TPSA) is 20.2 Å². The molecule has 0 spiro atoms. The summed E-state index contributed by atoms with van der Waals surface area (Å²) in [7, 11) is 0. The molecule has 0 atom stereocenters.